The topological polar surface area (TPSA) is 49.1 Å². The van der Waals surface area contributed by atoms with Crippen LogP contribution >= 0.6 is 0 Å². The van der Waals surface area contributed by atoms with Crippen LogP contribution in [0.25, 0.3) is 0 Å². The summed E-state index contributed by atoms with van der Waals surface area (Å²) in [6.45, 7) is -0.317. The van der Waals surface area contributed by atoms with E-state index in [1.54, 1.807) is 6.07 Å². The first-order valence-corrected chi connectivity index (χ1v) is 5.08. The van der Waals surface area contributed by atoms with Crippen LogP contribution in [-0.2, 0) is 0 Å². The van der Waals surface area contributed by atoms with Crippen molar-refractivity contribution < 1.29 is 17.9 Å². The maximum absolute atomic E-state index is 12.7. The predicted molar refractivity (Wildman–Crippen MR) is 58.0 cm³/mol. The summed E-state index contributed by atoms with van der Waals surface area (Å²) < 4.78 is 42.9. The quantitative estimate of drug-likeness (QED) is 0.827. The first-order chi connectivity index (χ1) is 8.32. The van der Waals surface area contributed by atoms with Gasteiger partial charge in [-0.3, -0.25) is 0 Å². The normalized spacial score (nSPS) is 13.2. The van der Waals surface area contributed by atoms with E-state index in [0.29, 0.717) is 0 Å². The first kappa shape index (κ1) is 14.3. The molecular weight excluding hydrogens is 247 g/mol. The Bertz CT molecular complexity index is 440. The second-order valence-electron chi connectivity index (χ2n) is 3.88. The molecule has 1 atom stereocenters. The summed E-state index contributed by atoms with van der Waals surface area (Å²) in [6.07, 6.45) is -6.47. The molecule has 1 aromatic heterocycles. The molecular formula is C11H12F3N3O. The lowest BCUT2D eigenvalue weighted by Gasteiger charge is -2.24. The Morgan fingerprint density at radius 2 is 2.11 bits per heavy atom. The Morgan fingerprint density at radius 3 is 2.61 bits per heavy atom. The highest BCUT2D eigenvalue weighted by Crippen LogP contribution is 2.24. The fraction of sp³-hybridized carbons (Fsp3) is 0.455. The van der Waals surface area contributed by atoms with Gasteiger partial charge >= 0.3 is 6.18 Å². The molecule has 0 aliphatic heterocycles. The van der Waals surface area contributed by atoms with Crippen LogP contribution in [0, 0.1) is 11.3 Å². The van der Waals surface area contributed by atoms with Crippen molar-refractivity contribution in [3.8, 4) is 11.9 Å². The monoisotopic (exact) mass is 259 g/mol. The molecule has 4 nitrogen and oxygen atoms in total. The van der Waals surface area contributed by atoms with Gasteiger partial charge in [0.15, 0.2) is 0 Å². The van der Waals surface area contributed by atoms with Gasteiger partial charge in [-0.1, -0.05) is 6.07 Å². The van der Waals surface area contributed by atoms with Crippen LogP contribution in [0.3, 0.4) is 0 Å². The van der Waals surface area contributed by atoms with Crippen molar-refractivity contribution in [1.82, 2.24) is 9.88 Å². The van der Waals surface area contributed by atoms with E-state index in [9.17, 15) is 13.2 Å². The zero-order valence-electron chi connectivity index (χ0n) is 9.90. The van der Waals surface area contributed by atoms with E-state index in [1.807, 2.05) is 0 Å². The Kier molecular flexibility index (Phi) is 4.50. The van der Waals surface area contributed by atoms with E-state index < -0.39 is 12.3 Å². The molecule has 0 spiro atoms. The van der Waals surface area contributed by atoms with Crippen LogP contribution in [0.1, 0.15) is 5.69 Å². The molecule has 0 aromatic carbocycles. The zero-order valence-corrected chi connectivity index (χ0v) is 9.90. The molecule has 0 N–H and O–H groups in total. The fourth-order valence-corrected chi connectivity index (χ4v) is 1.23. The Morgan fingerprint density at radius 1 is 1.44 bits per heavy atom. The predicted octanol–water partition coefficient (Wildman–Crippen LogP) is 1.82. The summed E-state index contributed by atoms with van der Waals surface area (Å²) >= 11 is 0. The summed E-state index contributed by atoms with van der Waals surface area (Å²) in [5.74, 6) is -0.210. The van der Waals surface area contributed by atoms with Crippen molar-refractivity contribution in [2.24, 2.45) is 0 Å². The lowest BCUT2D eigenvalue weighted by atomic mass is 10.3. The second kappa shape index (κ2) is 5.69. The third-order valence-corrected chi connectivity index (χ3v) is 2.00. The van der Waals surface area contributed by atoms with Gasteiger partial charge in [0.2, 0.25) is 12.0 Å². The van der Waals surface area contributed by atoms with Crippen molar-refractivity contribution in [2.45, 2.75) is 12.3 Å². The van der Waals surface area contributed by atoms with Gasteiger partial charge in [-0.25, -0.2) is 4.98 Å². The number of halogens is 3. The van der Waals surface area contributed by atoms with Crippen LogP contribution in [0.4, 0.5) is 13.2 Å². The highest BCUT2D eigenvalue weighted by atomic mass is 19.4. The average molecular weight is 259 g/mol. The Labute approximate surface area is 103 Å². The average Bonchev–Trinajstić information content (AvgIpc) is 2.26. The van der Waals surface area contributed by atoms with Gasteiger partial charge in [0.25, 0.3) is 0 Å². The maximum Gasteiger partial charge on any atom is 0.426 e. The van der Waals surface area contributed by atoms with Crippen molar-refractivity contribution in [1.29, 1.82) is 5.26 Å². The second-order valence-corrected chi connectivity index (χ2v) is 3.88. The van der Waals surface area contributed by atoms with Gasteiger partial charge < -0.3 is 9.64 Å². The number of hydrogen-bond acceptors (Lipinski definition) is 4. The van der Waals surface area contributed by atoms with E-state index in [1.165, 1.54) is 37.2 Å². The van der Waals surface area contributed by atoms with Crippen LogP contribution < -0.4 is 4.74 Å². The van der Waals surface area contributed by atoms with Gasteiger partial charge in [-0.2, -0.15) is 18.4 Å². The standard InChI is InChI=1S/C11H12F3N3O/c1-17(2)7-9(11(12,13)14)18-10-5-3-4-8(6-15)16-10/h3-5,9H,7H2,1-2H3. The minimum absolute atomic E-state index is 0.0123. The lowest BCUT2D eigenvalue weighted by molar-refractivity contribution is -0.198. The summed E-state index contributed by atoms with van der Waals surface area (Å²) in [5, 5.41) is 8.60. The van der Waals surface area contributed by atoms with E-state index in [0.717, 1.165) is 0 Å². The number of nitrogens with zero attached hydrogens (tertiary/aromatic N) is 3. The van der Waals surface area contributed by atoms with Crippen LogP contribution in [0.15, 0.2) is 18.2 Å². The molecule has 0 bridgehead atoms. The van der Waals surface area contributed by atoms with Gasteiger partial charge in [0, 0.05) is 12.6 Å². The molecule has 1 aromatic rings. The van der Waals surface area contributed by atoms with E-state index >= 15 is 0 Å². The fourth-order valence-electron chi connectivity index (χ4n) is 1.23. The van der Waals surface area contributed by atoms with Gasteiger partial charge in [-0.15, -0.1) is 0 Å². The lowest BCUT2D eigenvalue weighted by Crippen LogP contribution is -2.42. The molecule has 1 rings (SSSR count). The summed E-state index contributed by atoms with van der Waals surface area (Å²) in [6, 6.07) is 5.84. The van der Waals surface area contributed by atoms with E-state index in [2.05, 4.69) is 4.98 Å². The molecule has 7 heteroatoms. The minimum Gasteiger partial charge on any atom is -0.463 e. The minimum atomic E-state index is -4.49. The third-order valence-electron chi connectivity index (χ3n) is 2.00. The molecule has 0 saturated carbocycles. The van der Waals surface area contributed by atoms with Gasteiger partial charge in [0.1, 0.15) is 11.8 Å². The van der Waals surface area contributed by atoms with E-state index in [-0.39, 0.29) is 18.1 Å². The highest BCUT2D eigenvalue weighted by Gasteiger charge is 2.42. The summed E-state index contributed by atoms with van der Waals surface area (Å²) in [7, 11) is 3.03. The first-order valence-electron chi connectivity index (χ1n) is 5.08. The van der Waals surface area contributed by atoms with Gasteiger partial charge in [0.05, 0.1) is 0 Å². The van der Waals surface area contributed by atoms with Crippen molar-refractivity contribution in [3.05, 3.63) is 23.9 Å². The zero-order chi connectivity index (χ0) is 13.8. The van der Waals surface area contributed by atoms with Crippen LogP contribution in [0.2, 0.25) is 0 Å². The third kappa shape index (κ3) is 4.22. The number of likely N-dealkylation sites (N-methyl/N-ethyl adjacent to an activating group) is 1. The number of alkyl halides is 3. The molecule has 0 fully saturated rings. The molecule has 1 unspecified atom stereocenters. The molecule has 0 aliphatic carbocycles. The Hall–Kier alpha value is -1.81. The van der Waals surface area contributed by atoms with Crippen molar-refractivity contribution >= 4 is 0 Å². The number of hydrogen-bond donors (Lipinski definition) is 0. The molecule has 1 heterocycles. The summed E-state index contributed by atoms with van der Waals surface area (Å²) in [4.78, 5) is 5.02. The molecule has 0 amide bonds. The van der Waals surface area contributed by atoms with Crippen LogP contribution in [0.5, 0.6) is 5.88 Å². The molecule has 0 saturated heterocycles. The van der Waals surface area contributed by atoms with E-state index in [4.69, 9.17) is 10.00 Å². The SMILES string of the molecule is CN(C)CC(Oc1cccc(C#N)n1)C(F)(F)F. The van der Waals surface area contributed by atoms with Gasteiger partial charge in [-0.05, 0) is 20.2 Å². The number of ether oxygens (including phenoxy) is 1. The highest BCUT2D eigenvalue weighted by molar-refractivity contribution is 5.24. The summed E-state index contributed by atoms with van der Waals surface area (Å²) in [5.41, 5.74) is 0.0123. The molecule has 98 valence electrons. The number of nitriles is 1. The van der Waals surface area contributed by atoms with Crippen LogP contribution in [-0.4, -0.2) is 42.8 Å². The maximum atomic E-state index is 12.7. The largest absolute Gasteiger partial charge is 0.463 e. The number of rotatable bonds is 4. The molecule has 0 radical (unpaired) electrons. The number of pyridine rings is 1. The van der Waals surface area contributed by atoms with Crippen molar-refractivity contribution in [3.63, 3.8) is 0 Å². The van der Waals surface area contributed by atoms with Crippen molar-refractivity contribution in [2.75, 3.05) is 20.6 Å². The number of aromatic nitrogens is 1. The molecule has 18 heavy (non-hydrogen) atoms. The molecule has 0 aliphatic rings. The Balaban J connectivity index is 2.86. The smallest absolute Gasteiger partial charge is 0.426 e.